The Labute approximate surface area is 53.7 Å². The molecular weight excluding hydrogens is 143 g/mol. The smallest absolute Gasteiger partial charge is 0.328 e. The predicted molar refractivity (Wildman–Crippen MR) is 33.2 cm³/mol. The van der Waals surface area contributed by atoms with E-state index in [0.29, 0.717) is 0 Å². The van der Waals surface area contributed by atoms with Gasteiger partial charge in [-0.3, -0.25) is 4.57 Å². The van der Waals surface area contributed by atoms with Gasteiger partial charge < -0.3 is 14.9 Å². The summed E-state index contributed by atoms with van der Waals surface area (Å²) in [6.45, 7) is 2.71. The Morgan fingerprint density at radius 2 is 1.78 bits per heavy atom. The van der Waals surface area contributed by atoms with E-state index in [4.69, 9.17) is 14.9 Å². The molecule has 5 heteroatoms. The molecule has 0 aromatic rings. The van der Waals surface area contributed by atoms with Gasteiger partial charge in [0.2, 0.25) is 0 Å². The fraction of sp³-hybridized carbons (Fsp3) is 1.00. The van der Waals surface area contributed by atoms with Crippen LogP contribution in [0.4, 0.5) is 0 Å². The van der Waals surface area contributed by atoms with E-state index in [0.717, 1.165) is 0 Å². The van der Waals surface area contributed by atoms with Crippen molar-refractivity contribution in [1.82, 2.24) is 0 Å². The van der Waals surface area contributed by atoms with Crippen LogP contribution in [0, 0.1) is 0 Å². The first-order valence-corrected chi connectivity index (χ1v) is 4.27. The molecule has 9 heavy (non-hydrogen) atoms. The third-order valence-corrected chi connectivity index (χ3v) is 1.78. The SMILES string of the molecule is CC(C)(O)CP(=O)(O)O. The topological polar surface area (TPSA) is 77.8 Å². The molecular formula is C4H11O4P. The van der Waals surface area contributed by atoms with Gasteiger partial charge in [0.15, 0.2) is 0 Å². The van der Waals surface area contributed by atoms with Crippen LogP contribution < -0.4 is 0 Å². The summed E-state index contributed by atoms with van der Waals surface area (Å²) in [5.74, 6) is 0. The van der Waals surface area contributed by atoms with Gasteiger partial charge in [-0.15, -0.1) is 0 Å². The highest BCUT2D eigenvalue weighted by molar-refractivity contribution is 7.51. The first-order valence-electron chi connectivity index (χ1n) is 2.48. The maximum Gasteiger partial charge on any atom is 0.328 e. The molecule has 0 aliphatic carbocycles. The molecule has 56 valence electrons. The van der Waals surface area contributed by atoms with Crippen LogP contribution in [0.2, 0.25) is 0 Å². The van der Waals surface area contributed by atoms with Crippen LogP contribution in [-0.2, 0) is 4.57 Å². The Balaban J connectivity index is 3.90. The Bertz CT molecular complexity index is 130. The highest BCUT2D eigenvalue weighted by atomic mass is 31.2. The zero-order chi connectivity index (χ0) is 7.71. The Morgan fingerprint density at radius 1 is 1.44 bits per heavy atom. The lowest BCUT2D eigenvalue weighted by atomic mass is 10.2. The van der Waals surface area contributed by atoms with Crippen molar-refractivity contribution in [1.29, 1.82) is 0 Å². The van der Waals surface area contributed by atoms with Crippen molar-refractivity contribution in [3.8, 4) is 0 Å². The molecule has 0 amide bonds. The molecule has 0 heterocycles. The largest absolute Gasteiger partial charge is 0.390 e. The van der Waals surface area contributed by atoms with Gasteiger partial charge in [0.25, 0.3) is 0 Å². The molecule has 0 aliphatic rings. The van der Waals surface area contributed by atoms with Gasteiger partial charge in [-0.05, 0) is 13.8 Å². The van der Waals surface area contributed by atoms with E-state index in [1.54, 1.807) is 0 Å². The average Bonchev–Trinajstić information content (AvgIpc) is 1.14. The fourth-order valence-electron chi connectivity index (χ4n) is 0.504. The zero-order valence-corrected chi connectivity index (χ0v) is 6.30. The van der Waals surface area contributed by atoms with Crippen LogP contribution in [0.15, 0.2) is 0 Å². The van der Waals surface area contributed by atoms with E-state index in [1.807, 2.05) is 0 Å². The van der Waals surface area contributed by atoms with Gasteiger partial charge in [-0.2, -0.15) is 0 Å². The van der Waals surface area contributed by atoms with Crippen molar-refractivity contribution in [2.45, 2.75) is 19.4 Å². The summed E-state index contributed by atoms with van der Waals surface area (Å²) in [6.07, 6.45) is -0.486. The molecule has 0 saturated carbocycles. The van der Waals surface area contributed by atoms with E-state index in [9.17, 15) is 4.57 Å². The maximum atomic E-state index is 10.2. The van der Waals surface area contributed by atoms with Crippen LogP contribution in [0.5, 0.6) is 0 Å². The lowest BCUT2D eigenvalue weighted by Crippen LogP contribution is -2.23. The highest BCUT2D eigenvalue weighted by Gasteiger charge is 2.25. The number of rotatable bonds is 2. The van der Waals surface area contributed by atoms with Crippen molar-refractivity contribution in [3.63, 3.8) is 0 Å². The van der Waals surface area contributed by atoms with Crippen LogP contribution in [0.1, 0.15) is 13.8 Å². The third kappa shape index (κ3) is 8.11. The quantitative estimate of drug-likeness (QED) is 0.486. The minimum atomic E-state index is -4.04. The molecule has 4 nitrogen and oxygen atoms in total. The van der Waals surface area contributed by atoms with Gasteiger partial charge in [0.05, 0.1) is 11.8 Å². The van der Waals surface area contributed by atoms with Crippen LogP contribution in [0.3, 0.4) is 0 Å². The average molecular weight is 154 g/mol. The van der Waals surface area contributed by atoms with E-state index in [2.05, 4.69) is 0 Å². The molecule has 0 spiro atoms. The van der Waals surface area contributed by atoms with Crippen LogP contribution in [-0.4, -0.2) is 26.7 Å². The van der Waals surface area contributed by atoms with E-state index in [1.165, 1.54) is 13.8 Å². The van der Waals surface area contributed by atoms with Crippen molar-refractivity contribution >= 4 is 7.60 Å². The van der Waals surface area contributed by atoms with E-state index < -0.39 is 19.4 Å². The minimum absolute atomic E-state index is 0.486. The fourth-order valence-corrected chi connectivity index (χ4v) is 1.51. The summed E-state index contributed by atoms with van der Waals surface area (Å²) in [5.41, 5.74) is -1.28. The molecule has 0 aliphatic heterocycles. The van der Waals surface area contributed by atoms with Crippen molar-refractivity contribution < 1.29 is 19.5 Å². The normalized spacial score (nSPS) is 13.9. The summed E-state index contributed by atoms with van der Waals surface area (Å²) in [7, 11) is -4.04. The molecule has 0 aromatic heterocycles. The zero-order valence-electron chi connectivity index (χ0n) is 5.40. The van der Waals surface area contributed by atoms with Gasteiger partial charge >= 0.3 is 7.60 Å². The highest BCUT2D eigenvalue weighted by Crippen LogP contribution is 2.37. The van der Waals surface area contributed by atoms with Gasteiger partial charge in [-0.25, -0.2) is 0 Å². The Morgan fingerprint density at radius 3 is 1.78 bits per heavy atom. The summed E-state index contributed by atoms with van der Waals surface area (Å²) in [4.78, 5) is 16.6. The lowest BCUT2D eigenvalue weighted by molar-refractivity contribution is 0.0989. The molecule has 0 aromatic carbocycles. The summed E-state index contributed by atoms with van der Waals surface area (Å²) in [5, 5.41) is 8.86. The molecule has 0 radical (unpaired) electrons. The second-order valence-corrected chi connectivity index (χ2v) is 4.28. The summed E-state index contributed by atoms with van der Waals surface area (Å²) in [6, 6.07) is 0. The molecule has 0 fully saturated rings. The monoisotopic (exact) mass is 154 g/mol. The Kier molecular flexibility index (Phi) is 2.41. The second kappa shape index (κ2) is 2.39. The third-order valence-electron chi connectivity index (χ3n) is 0.593. The molecule has 0 saturated heterocycles. The first kappa shape index (κ1) is 9.11. The van der Waals surface area contributed by atoms with Crippen LogP contribution in [0.25, 0.3) is 0 Å². The van der Waals surface area contributed by atoms with Gasteiger partial charge in [0, 0.05) is 0 Å². The van der Waals surface area contributed by atoms with Crippen molar-refractivity contribution in [2.75, 3.05) is 6.16 Å². The maximum absolute atomic E-state index is 10.2. The number of hydrogen-bond acceptors (Lipinski definition) is 2. The Hall–Kier alpha value is 0.110. The number of aliphatic hydroxyl groups is 1. The molecule has 0 atom stereocenters. The summed E-state index contributed by atoms with van der Waals surface area (Å²) < 4.78 is 10.2. The predicted octanol–water partition coefficient (Wildman–Crippen LogP) is -0.0650. The molecule has 0 bridgehead atoms. The van der Waals surface area contributed by atoms with Gasteiger partial charge in [0.1, 0.15) is 0 Å². The lowest BCUT2D eigenvalue weighted by Gasteiger charge is -2.16. The molecule has 0 unspecified atom stereocenters. The first-order chi connectivity index (χ1) is 3.71. The molecule has 3 N–H and O–H groups in total. The van der Waals surface area contributed by atoms with E-state index in [-0.39, 0.29) is 0 Å². The van der Waals surface area contributed by atoms with Gasteiger partial charge in [-0.1, -0.05) is 0 Å². The van der Waals surface area contributed by atoms with Crippen molar-refractivity contribution in [2.24, 2.45) is 0 Å². The minimum Gasteiger partial charge on any atom is -0.390 e. The van der Waals surface area contributed by atoms with E-state index >= 15 is 0 Å². The second-order valence-electron chi connectivity index (χ2n) is 2.64. The summed E-state index contributed by atoms with van der Waals surface area (Å²) >= 11 is 0. The number of hydrogen-bond donors (Lipinski definition) is 3. The standard InChI is InChI=1S/C4H11O4P/c1-4(2,5)3-9(6,7)8/h5H,3H2,1-2H3,(H2,6,7,8). The van der Waals surface area contributed by atoms with Crippen molar-refractivity contribution in [3.05, 3.63) is 0 Å². The molecule has 0 rings (SSSR count). The van der Waals surface area contributed by atoms with Crippen LogP contribution >= 0.6 is 7.60 Å².